The number of nitrogens with zero attached hydrogens (tertiary/aromatic N) is 1. The first kappa shape index (κ1) is 17.4. The van der Waals surface area contributed by atoms with Gasteiger partial charge in [0.25, 0.3) is 15.9 Å². The van der Waals surface area contributed by atoms with Gasteiger partial charge in [0.2, 0.25) is 5.09 Å². The number of carboxylic acids is 1. The second-order valence-corrected chi connectivity index (χ2v) is 7.04. The van der Waals surface area contributed by atoms with E-state index in [4.69, 9.17) is 14.3 Å². The second-order valence-electron chi connectivity index (χ2n) is 5.23. The third-order valence-corrected chi connectivity index (χ3v) is 4.75. The highest BCUT2D eigenvalue weighted by molar-refractivity contribution is 7.89. The maximum Gasteiger partial charge on any atom is 0.334 e. The number of ether oxygens (including phenoxy) is 1. The van der Waals surface area contributed by atoms with E-state index in [0.717, 1.165) is 6.07 Å². The number of morpholine rings is 1. The summed E-state index contributed by atoms with van der Waals surface area (Å²) in [6, 6.07) is 1.14. The van der Waals surface area contributed by atoms with Crippen LogP contribution in [-0.2, 0) is 19.6 Å². The molecule has 23 heavy (non-hydrogen) atoms. The molecule has 0 saturated carbocycles. The number of carboxylic acid groups (broad SMARTS) is 1. The van der Waals surface area contributed by atoms with Crippen molar-refractivity contribution >= 4 is 21.9 Å². The molecule has 0 radical (unpaired) electrons. The van der Waals surface area contributed by atoms with Crippen LogP contribution in [0.3, 0.4) is 0 Å². The molecule has 128 valence electrons. The Bertz CT molecular complexity index is 725. The molecule has 0 aromatic carbocycles. The number of hydrogen-bond acceptors (Lipinski definition) is 6. The quantitative estimate of drug-likeness (QED) is 0.774. The number of carbonyl (C=O) groups is 2. The van der Waals surface area contributed by atoms with Crippen LogP contribution < -0.4 is 4.72 Å². The van der Waals surface area contributed by atoms with E-state index in [1.165, 1.54) is 18.9 Å². The number of amides is 1. The second kappa shape index (κ2) is 6.30. The van der Waals surface area contributed by atoms with E-state index in [0.29, 0.717) is 0 Å². The summed E-state index contributed by atoms with van der Waals surface area (Å²) in [6.45, 7) is 3.23. The average molecular weight is 346 g/mol. The van der Waals surface area contributed by atoms with Gasteiger partial charge in [-0.3, -0.25) is 4.79 Å². The standard InChI is InChI=1S/C13H18N2O7S/c1-7-5-15(6-10(21-7)13(17)18)12(16)9-4-11(22-8(9)2)23(19,20)14-3/h4,7,10,14H,5-6H2,1-3H3,(H,17,18)/t7-,10?/m1/s1. The molecule has 1 unspecified atom stereocenters. The van der Waals surface area contributed by atoms with Gasteiger partial charge in [-0.25, -0.2) is 17.9 Å². The minimum atomic E-state index is -3.81. The van der Waals surface area contributed by atoms with E-state index in [1.807, 2.05) is 0 Å². The van der Waals surface area contributed by atoms with Gasteiger partial charge in [0, 0.05) is 12.6 Å². The summed E-state index contributed by atoms with van der Waals surface area (Å²) in [4.78, 5) is 25.0. The summed E-state index contributed by atoms with van der Waals surface area (Å²) < 4.78 is 36.0. The molecule has 10 heteroatoms. The molecule has 1 saturated heterocycles. The van der Waals surface area contributed by atoms with Gasteiger partial charge in [0.1, 0.15) is 5.76 Å². The fourth-order valence-corrected chi connectivity index (χ4v) is 3.03. The van der Waals surface area contributed by atoms with Gasteiger partial charge >= 0.3 is 5.97 Å². The number of carbonyl (C=O) groups excluding carboxylic acids is 1. The van der Waals surface area contributed by atoms with Crippen molar-refractivity contribution in [2.45, 2.75) is 31.1 Å². The number of hydrogen-bond donors (Lipinski definition) is 2. The zero-order valence-electron chi connectivity index (χ0n) is 12.9. The molecular formula is C13H18N2O7S. The van der Waals surface area contributed by atoms with Crippen molar-refractivity contribution < 1.29 is 32.3 Å². The summed E-state index contributed by atoms with van der Waals surface area (Å²) >= 11 is 0. The van der Waals surface area contributed by atoms with Crippen LogP contribution in [0.25, 0.3) is 0 Å². The topological polar surface area (TPSA) is 126 Å². The van der Waals surface area contributed by atoms with E-state index in [1.54, 1.807) is 6.92 Å². The minimum Gasteiger partial charge on any atom is -0.479 e. The Morgan fingerprint density at radius 1 is 1.39 bits per heavy atom. The van der Waals surface area contributed by atoms with Crippen molar-refractivity contribution in [1.29, 1.82) is 0 Å². The molecule has 9 nitrogen and oxygen atoms in total. The summed E-state index contributed by atoms with van der Waals surface area (Å²) in [5, 5.41) is 8.69. The Labute approximate surface area is 133 Å². The normalized spacial score (nSPS) is 22.1. The van der Waals surface area contributed by atoms with Crippen LogP contribution in [0.4, 0.5) is 0 Å². The lowest BCUT2D eigenvalue weighted by atomic mass is 10.1. The van der Waals surface area contributed by atoms with Crippen LogP contribution in [0, 0.1) is 6.92 Å². The van der Waals surface area contributed by atoms with Crippen molar-refractivity contribution in [2.75, 3.05) is 20.1 Å². The van der Waals surface area contributed by atoms with Gasteiger partial charge in [-0.05, 0) is 20.9 Å². The van der Waals surface area contributed by atoms with Gasteiger partial charge < -0.3 is 19.2 Å². The number of nitrogens with one attached hydrogen (secondary N) is 1. The van der Waals surface area contributed by atoms with Crippen LogP contribution >= 0.6 is 0 Å². The first-order chi connectivity index (χ1) is 10.7. The largest absolute Gasteiger partial charge is 0.479 e. The Kier molecular flexibility index (Phi) is 4.78. The summed E-state index contributed by atoms with van der Waals surface area (Å²) in [5.74, 6) is -1.50. The Morgan fingerprint density at radius 2 is 2.04 bits per heavy atom. The minimum absolute atomic E-state index is 0.0806. The van der Waals surface area contributed by atoms with Crippen molar-refractivity contribution in [3.8, 4) is 0 Å². The molecule has 0 aliphatic carbocycles. The Balaban J connectivity index is 2.28. The fraction of sp³-hybridized carbons (Fsp3) is 0.538. The highest BCUT2D eigenvalue weighted by Crippen LogP contribution is 2.22. The van der Waals surface area contributed by atoms with Crippen molar-refractivity contribution in [3.05, 3.63) is 17.4 Å². The van der Waals surface area contributed by atoms with Crippen LogP contribution in [0.2, 0.25) is 0 Å². The predicted molar refractivity (Wildman–Crippen MR) is 77.6 cm³/mol. The monoisotopic (exact) mass is 346 g/mol. The maximum absolute atomic E-state index is 12.6. The van der Waals surface area contributed by atoms with E-state index >= 15 is 0 Å². The van der Waals surface area contributed by atoms with Crippen LogP contribution in [0.5, 0.6) is 0 Å². The van der Waals surface area contributed by atoms with Gasteiger partial charge in [-0.15, -0.1) is 0 Å². The molecular weight excluding hydrogens is 328 g/mol. The molecule has 0 bridgehead atoms. The fourth-order valence-electron chi connectivity index (χ4n) is 2.32. The summed E-state index contributed by atoms with van der Waals surface area (Å²) in [6.07, 6.45) is -1.56. The SMILES string of the molecule is CNS(=O)(=O)c1cc(C(=O)N2CC(C(=O)O)O[C@H](C)C2)c(C)o1. The van der Waals surface area contributed by atoms with Gasteiger partial charge in [0.15, 0.2) is 6.10 Å². The van der Waals surface area contributed by atoms with Crippen molar-refractivity contribution in [1.82, 2.24) is 9.62 Å². The van der Waals surface area contributed by atoms with E-state index in [2.05, 4.69) is 4.72 Å². The molecule has 2 heterocycles. The van der Waals surface area contributed by atoms with E-state index in [-0.39, 0.29) is 29.5 Å². The average Bonchev–Trinajstić information content (AvgIpc) is 2.88. The number of furan rings is 1. The van der Waals surface area contributed by atoms with E-state index < -0.39 is 34.1 Å². The number of rotatable bonds is 4. The number of sulfonamides is 1. The molecule has 1 aromatic heterocycles. The number of aryl methyl sites for hydroxylation is 1. The molecule has 1 fully saturated rings. The Hall–Kier alpha value is -1.91. The van der Waals surface area contributed by atoms with Crippen molar-refractivity contribution in [3.63, 3.8) is 0 Å². The predicted octanol–water partition coefficient (Wildman–Crippen LogP) is -0.190. The third kappa shape index (κ3) is 3.54. The maximum atomic E-state index is 12.6. The molecule has 1 aromatic rings. The van der Waals surface area contributed by atoms with Crippen LogP contribution in [0.15, 0.2) is 15.6 Å². The highest BCUT2D eigenvalue weighted by atomic mass is 32.2. The van der Waals surface area contributed by atoms with Crippen LogP contribution in [0.1, 0.15) is 23.0 Å². The zero-order valence-corrected chi connectivity index (χ0v) is 13.7. The third-order valence-electron chi connectivity index (χ3n) is 3.48. The molecule has 2 atom stereocenters. The van der Waals surface area contributed by atoms with Gasteiger partial charge in [-0.2, -0.15) is 0 Å². The van der Waals surface area contributed by atoms with Crippen molar-refractivity contribution in [2.24, 2.45) is 0 Å². The van der Waals surface area contributed by atoms with E-state index in [9.17, 15) is 18.0 Å². The van der Waals surface area contributed by atoms with Gasteiger partial charge in [-0.1, -0.05) is 0 Å². The molecule has 0 spiro atoms. The lowest BCUT2D eigenvalue weighted by Crippen LogP contribution is -2.51. The first-order valence-electron chi connectivity index (χ1n) is 6.87. The summed E-state index contributed by atoms with van der Waals surface area (Å²) in [5.41, 5.74) is 0.0806. The molecule has 1 amide bonds. The Morgan fingerprint density at radius 3 is 2.61 bits per heavy atom. The highest BCUT2D eigenvalue weighted by Gasteiger charge is 2.34. The van der Waals surface area contributed by atoms with Crippen LogP contribution in [-0.4, -0.2) is 62.6 Å². The molecule has 1 aliphatic rings. The zero-order chi connectivity index (χ0) is 17.4. The smallest absolute Gasteiger partial charge is 0.334 e. The first-order valence-corrected chi connectivity index (χ1v) is 8.35. The molecule has 1 aliphatic heterocycles. The lowest BCUT2D eigenvalue weighted by molar-refractivity contribution is -0.160. The summed E-state index contributed by atoms with van der Waals surface area (Å²) in [7, 11) is -2.57. The molecule has 2 rings (SSSR count). The number of aliphatic carboxylic acids is 1. The lowest BCUT2D eigenvalue weighted by Gasteiger charge is -2.34. The molecule has 2 N–H and O–H groups in total. The van der Waals surface area contributed by atoms with Gasteiger partial charge in [0.05, 0.1) is 18.2 Å².